The van der Waals surface area contributed by atoms with Crippen molar-refractivity contribution in [2.45, 2.75) is 57.6 Å². The molecule has 0 aromatic carbocycles. The molecule has 4 rings (SSSR count). The minimum atomic E-state index is -5.08. The Kier molecular flexibility index (Phi) is 14.2. The van der Waals surface area contributed by atoms with Crippen molar-refractivity contribution in [1.29, 1.82) is 0 Å². The maximum Gasteiger partial charge on any atom is 0.490 e. The van der Waals surface area contributed by atoms with Crippen molar-refractivity contribution < 1.29 is 78.5 Å². The largest absolute Gasteiger partial charge is 0.490 e. The van der Waals surface area contributed by atoms with Gasteiger partial charge in [0.2, 0.25) is 0 Å². The predicted octanol–water partition coefficient (Wildman–Crippen LogP) is 3.67. The first-order valence-corrected chi connectivity index (χ1v) is 12.3. The summed E-state index contributed by atoms with van der Waals surface area (Å²) in [5.74, 6) is -7.34. The SMILES string of the molecule is Cc1noc(C)c1CN1CCO[C@H]2CN(Cc3ccccn3)C[C@H]21.O=C(O)C(F)(F)F.O=C(O)C(F)(F)F.O=C(O)C(F)(F)F. The van der Waals surface area contributed by atoms with Gasteiger partial charge in [0.05, 0.1) is 30.1 Å². The molecule has 254 valence electrons. The van der Waals surface area contributed by atoms with Crippen LogP contribution in [0.2, 0.25) is 0 Å². The number of halogens is 9. The van der Waals surface area contributed by atoms with Crippen LogP contribution in [0.15, 0.2) is 28.9 Å². The fourth-order valence-corrected chi connectivity index (χ4v) is 3.81. The van der Waals surface area contributed by atoms with Crippen LogP contribution < -0.4 is 0 Å². The van der Waals surface area contributed by atoms with E-state index in [2.05, 4.69) is 26.0 Å². The number of carbonyl (C=O) groups is 3. The number of hydrogen-bond donors (Lipinski definition) is 3. The van der Waals surface area contributed by atoms with Crippen LogP contribution in [0.5, 0.6) is 0 Å². The number of hydrogen-bond acceptors (Lipinski definition) is 9. The van der Waals surface area contributed by atoms with Crippen LogP contribution in [-0.2, 0) is 32.2 Å². The summed E-state index contributed by atoms with van der Waals surface area (Å²) in [5.41, 5.74) is 3.34. The Hall–Kier alpha value is -3.98. The third kappa shape index (κ3) is 13.7. The standard InChI is InChI=1S/C18H24N4O2.3C2HF3O2/c1-13-16(14(2)24-20-13)10-22-7-8-23-18-12-21(11-17(18)22)9-15-5-3-4-6-19-15;3*3-2(4,5)1(6)7/h3-6,17-18H,7-12H2,1-2H3;3*(H,6,7)/t17-,18+;;;/m1.../s1. The van der Waals surface area contributed by atoms with Gasteiger partial charge >= 0.3 is 36.4 Å². The van der Waals surface area contributed by atoms with E-state index in [0.717, 1.165) is 56.5 Å². The molecule has 0 bridgehead atoms. The maximum atomic E-state index is 10.6. The number of nitrogens with zero attached hydrogens (tertiary/aromatic N) is 4. The summed E-state index contributed by atoms with van der Waals surface area (Å²) in [6.07, 6.45) is -13.1. The van der Waals surface area contributed by atoms with Gasteiger partial charge in [-0.05, 0) is 26.0 Å². The van der Waals surface area contributed by atoms with Crippen LogP contribution in [-0.4, -0.2) is 110 Å². The van der Waals surface area contributed by atoms with Gasteiger partial charge in [-0.2, -0.15) is 39.5 Å². The van der Waals surface area contributed by atoms with Crippen molar-refractivity contribution in [3.63, 3.8) is 0 Å². The summed E-state index contributed by atoms with van der Waals surface area (Å²) in [6.45, 7) is 9.54. The summed E-state index contributed by atoms with van der Waals surface area (Å²) >= 11 is 0. The lowest BCUT2D eigenvalue weighted by molar-refractivity contribution is -0.193. The highest BCUT2D eigenvalue weighted by molar-refractivity contribution is 5.73. The number of aromatic nitrogens is 2. The number of aliphatic carboxylic acids is 3. The number of morpholine rings is 1. The van der Waals surface area contributed by atoms with Crippen molar-refractivity contribution in [1.82, 2.24) is 19.9 Å². The normalized spacial score (nSPS) is 18.6. The van der Waals surface area contributed by atoms with E-state index < -0.39 is 36.4 Å². The van der Waals surface area contributed by atoms with Crippen molar-refractivity contribution >= 4 is 17.9 Å². The molecule has 45 heavy (non-hydrogen) atoms. The average molecular weight is 670 g/mol. The minimum absolute atomic E-state index is 0.280. The second-order valence-electron chi connectivity index (χ2n) is 9.17. The van der Waals surface area contributed by atoms with E-state index in [-0.39, 0.29) is 6.10 Å². The number of ether oxygens (including phenoxy) is 1. The Morgan fingerprint density at radius 1 is 0.867 bits per heavy atom. The first kappa shape index (κ1) is 39.0. The third-order valence-electron chi connectivity index (χ3n) is 5.87. The molecule has 0 radical (unpaired) electrons. The van der Waals surface area contributed by atoms with Gasteiger partial charge in [0, 0.05) is 44.5 Å². The summed E-state index contributed by atoms with van der Waals surface area (Å²) < 4.78 is 107. The molecule has 12 nitrogen and oxygen atoms in total. The van der Waals surface area contributed by atoms with Gasteiger partial charge in [0.1, 0.15) is 5.76 Å². The van der Waals surface area contributed by atoms with E-state index in [0.29, 0.717) is 6.04 Å². The van der Waals surface area contributed by atoms with Crippen molar-refractivity contribution in [2.75, 3.05) is 26.2 Å². The molecule has 0 unspecified atom stereocenters. The van der Waals surface area contributed by atoms with Crippen molar-refractivity contribution in [3.8, 4) is 0 Å². The maximum absolute atomic E-state index is 10.6. The predicted molar refractivity (Wildman–Crippen MR) is 131 cm³/mol. The fourth-order valence-electron chi connectivity index (χ4n) is 3.81. The van der Waals surface area contributed by atoms with E-state index in [1.54, 1.807) is 0 Å². The second-order valence-corrected chi connectivity index (χ2v) is 9.17. The first-order valence-electron chi connectivity index (χ1n) is 12.3. The zero-order valence-corrected chi connectivity index (χ0v) is 23.3. The van der Waals surface area contributed by atoms with Gasteiger partial charge in [-0.15, -0.1) is 0 Å². The van der Waals surface area contributed by atoms with E-state index in [1.807, 2.05) is 32.2 Å². The molecule has 0 spiro atoms. The molecular formula is C24H27F9N4O8. The fraction of sp³-hybridized carbons (Fsp3) is 0.542. The van der Waals surface area contributed by atoms with Gasteiger partial charge in [-0.1, -0.05) is 11.2 Å². The average Bonchev–Trinajstić information content (AvgIpc) is 3.47. The van der Waals surface area contributed by atoms with Gasteiger partial charge in [0.15, 0.2) is 0 Å². The molecule has 2 aromatic heterocycles. The van der Waals surface area contributed by atoms with Gasteiger partial charge < -0.3 is 24.6 Å². The quantitative estimate of drug-likeness (QED) is 0.405. The Bertz CT molecular complexity index is 1180. The number of carboxylic acid groups (broad SMARTS) is 3. The molecule has 0 saturated carbocycles. The number of pyridine rings is 1. The van der Waals surface area contributed by atoms with E-state index in [4.69, 9.17) is 39.0 Å². The lowest BCUT2D eigenvalue weighted by Crippen LogP contribution is -2.50. The molecule has 0 aliphatic carbocycles. The summed E-state index contributed by atoms with van der Waals surface area (Å²) in [4.78, 5) is 36.1. The van der Waals surface area contributed by atoms with Gasteiger partial charge in [-0.3, -0.25) is 14.8 Å². The molecular weight excluding hydrogens is 643 g/mol. The lowest BCUT2D eigenvalue weighted by atomic mass is 10.1. The first-order chi connectivity index (χ1) is 20.5. The number of carboxylic acids is 3. The van der Waals surface area contributed by atoms with Crippen LogP contribution in [0, 0.1) is 13.8 Å². The zero-order valence-electron chi connectivity index (χ0n) is 23.3. The Balaban J connectivity index is 0.000000396. The topological polar surface area (TPSA) is 167 Å². The smallest absolute Gasteiger partial charge is 0.475 e. The van der Waals surface area contributed by atoms with E-state index in [1.165, 1.54) is 5.56 Å². The van der Waals surface area contributed by atoms with Gasteiger partial charge in [-0.25, -0.2) is 14.4 Å². The lowest BCUT2D eigenvalue weighted by Gasteiger charge is -2.36. The minimum Gasteiger partial charge on any atom is -0.475 e. The van der Waals surface area contributed by atoms with E-state index in [9.17, 15) is 39.5 Å². The van der Waals surface area contributed by atoms with Crippen LogP contribution in [0.25, 0.3) is 0 Å². The van der Waals surface area contributed by atoms with Crippen molar-refractivity contribution in [2.24, 2.45) is 0 Å². The number of aryl methyl sites for hydroxylation is 2. The molecule has 2 saturated heterocycles. The highest BCUT2D eigenvalue weighted by atomic mass is 19.4. The van der Waals surface area contributed by atoms with Crippen LogP contribution in [0.3, 0.4) is 0 Å². The highest BCUT2D eigenvalue weighted by Crippen LogP contribution is 2.27. The molecule has 2 aromatic rings. The zero-order chi connectivity index (χ0) is 34.8. The molecule has 0 amide bonds. The number of rotatable bonds is 4. The Morgan fingerprint density at radius 2 is 1.38 bits per heavy atom. The third-order valence-corrected chi connectivity index (χ3v) is 5.87. The van der Waals surface area contributed by atoms with Crippen LogP contribution >= 0.6 is 0 Å². The molecule has 2 fully saturated rings. The summed E-state index contributed by atoms with van der Waals surface area (Å²) in [7, 11) is 0. The molecule has 2 aliphatic rings. The Morgan fingerprint density at radius 3 is 1.78 bits per heavy atom. The van der Waals surface area contributed by atoms with E-state index >= 15 is 0 Å². The Labute approximate surface area is 248 Å². The number of likely N-dealkylation sites (tertiary alicyclic amines) is 1. The molecule has 3 N–H and O–H groups in total. The van der Waals surface area contributed by atoms with Gasteiger partial charge in [0.25, 0.3) is 0 Å². The highest BCUT2D eigenvalue weighted by Gasteiger charge is 2.41. The monoisotopic (exact) mass is 670 g/mol. The number of alkyl halides is 9. The second kappa shape index (κ2) is 16.4. The molecule has 4 heterocycles. The molecule has 2 atom stereocenters. The van der Waals surface area contributed by atoms with Crippen molar-refractivity contribution in [3.05, 3.63) is 47.1 Å². The van der Waals surface area contributed by atoms with Crippen LogP contribution in [0.1, 0.15) is 22.7 Å². The molecule has 2 aliphatic heterocycles. The van der Waals surface area contributed by atoms with Crippen LogP contribution in [0.4, 0.5) is 39.5 Å². The molecule has 21 heteroatoms. The summed E-state index contributed by atoms with van der Waals surface area (Å²) in [5, 5.41) is 25.5. The summed E-state index contributed by atoms with van der Waals surface area (Å²) in [6, 6.07) is 6.52. The number of fused-ring (bicyclic) bond motifs is 1.